The van der Waals surface area contributed by atoms with Gasteiger partial charge >= 0.3 is 0 Å². The summed E-state index contributed by atoms with van der Waals surface area (Å²) in [5.41, 5.74) is 2.87. The van der Waals surface area contributed by atoms with E-state index in [0.717, 1.165) is 30.0 Å². The van der Waals surface area contributed by atoms with Crippen LogP contribution in [-0.4, -0.2) is 20.5 Å². The van der Waals surface area contributed by atoms with Crippen molar-refractivity contribution in [2.24, 2.45) is 0 Å². The second kappa shape index (κ2) is 6.27. The average Bonchev–Trinajstić information content (AvgIpc) is 2.82. The van der Waals surface area contributed by atoms with Crippen LogP contribution in [-0.2, 0) is 30.6 Å². The number of carbonyl (C=O) groups excluding carboxylic acids is 1. The zero-order valence-corrected chi connectivity index (χ0v) is 11.5. The molecule has 0 saturated carbocycles. The number of Topliss-reactive ketones (excluding diaryl/α,β-unsaturated/α-hetero) is 1. The van der Waals surface area contributed by atoms with Gasteiger partial charge in [-0.15, -0.1) is 0 Å². The highest BCUT2D eigenvalue weighted by atomic mass is 16.1. The predicted molar refractivity (Wildman–Crippen MR) is 73.9 cm³/mol. The third-order valence-corrected chi connectivity index (χ3v) is 3.06. The number of pyridine rings is 1. The lowest BCUT2D eigenvalue weighted by Crippen LogP contribution is -2.12. The molecule has 0 bridgehead atoms. The van der Waals surface area contributed by atoms with E-state index in [1.165, 1.54) is 0 Å². The molecule has 4 heteroatoms. The van der Waals surface area contributed by atoms with Crippen LogP contribution < -0.4 is 0 Å². The molecule has 19 heavy (non-hydrogen) atoms. The first-order valence-corrected chi connectivity index (χ1v) is 6.70. The minimum Gasteiger partial charge on any atom is -0.299 e. The van der Waals surface area contributed by atoms with Gasteiger partial charge in [0.25, 0.3) is 0 Å². The number of hydrogen-bond donors (Lipinski definition) is 0. The summed E-state index contributed by atoms with van der Waals surface area (Å²) in [6.45, 7) is 4.91. The first kappa shape index (κ1) is 13.5. The van der Waals surface area contributed by atoms with E-state index in [-0.39, 0.29) is 5.78 Å². The lowest BCUT2D eigenvalue weighted by Gasteiger charge is -2.03. The van der Waals surface area contributed by atoms with E-state index >= 15 is 0 Å². The van der Waals surface area contributed by atoms with Crippen LogP contribution >= 0.6 is 0 Å². The second-order valence-corrected chi connectivity index (χ2v) is 4.51. The number of ketones is 1. The molecule has 0 aliphatic rings. The number of aromatic nitrogens is 3. The van der Waals surface area contributed by atoms with E-state index in [0.29, 0.717) is 12.8 Å². The highest BCUT2D eigenvalue weighted by molar-refractivity contribution is 5.82. The van der Waals surface area contributed by atoms with Crippen molar-refractivity contribution in [3.8, 4) is 0 Å². The first-order chi connectivity index (χ1) is 9.22. The van der Waals surface area contributed by atoms with Crippen LogP contribution in [0, 0.1) is 0 Å². The summed E-state index contributed by atoms with van der Waals surface area (Å²) in [4.78, 5) is 16.2. The Balaban J connectivity index is 2.04. The van der Waals surface area contributed by atoms with Gasteiger partial charge in [-0.25, -0.2) is 0 Å². The molecule has 0 radical (unpaired) electrons. The van der Waals surface area contributed by atoms with Crippen LogP contribution in [0.5, 0.6) is 0 Å². The van der Waals surface area contributed by atoms with Gasteiger partial charge in [0.15, 0.2) is 0 Å². The maximum Gasteiger partial charge on any atom is 0.144 e. The minimum absolute atomic E-state index is 0.177. The third-order valence-electron chi connectivity index (χ3n) is 3.06. The number of nitrogens with zero attached hydrogens (tertiary/aromatic N) is 3. The van der Waals surface area contributed by atoms with E-state index < -0.39 is 0 Å². The molecule has 0 spiro atoms. The Morgan fingerprint density at radius 1 is 1.21 bits per heavy atom. The summed E-state index contributed by atoms with van der Waals surface area (Å²) >= 11 is 0. The summed E-state index contributed by atoms with van der Waals surface area (Å²) in [6, 6.07) is 7.67. The highest BCUT2D eigenvalue weighted by Crippen LogP contribution is 2.08. The van der Waals surface area contributed by atoms with Crippen LogP contribution in [0.1, 0.15) is 30.9 Å². The van der Waals surface area contributed by atoms with Gasteiger partial charge in [0.1, 0.15) is 5.78 Å². The number of hydrogen-bond acceptors (Lipinski definition) is 3. The second-order valence-electron chi connectivity index (χ2n) is 4.51. The fourth-order valence-electron chi connectivity index (χ4n) is 2.07. The molecule has 4 nitrogen and oxygen atoms in total. The van der Waals surface area contributed by atoms with Crippen LogP contribution in [0.25, 0.3) is 0 Å². The van der Waals surface area contributed by atoms with Gasteiger partial charge in [-0.2, -0.15) is 5.10 Å². The van der Waals surface area contributed by atoms with Crippen molar-refractivity contribution in [2.75, 3.05) is 0 Å². The van der Waals surface area contributed by atoms with Crippen molar-refractivity contribution in [3.63, 3.8) is 0 Å². The van der Waals surface area contributed by atoms with Gasteiger partial charge in [0, 0.05) is 37.0 Å². The van der Waals surface area contributed by atoms with Crippen molar-refractivity contribution < 1.29 is 4.79 Å². The topological polar surface area (TPSA) is 47.8 Å². The molecular weight excluding hydrogens is 238 g/mol. The zero-order chi connectivity index (χ0) is 13.7. The van der Waals surface area contributed by atoms with Crippen molar-refractivity contribution in [1.82, 2.24) is 14.8 Å². The molecule has 0 aromatic carbocycles. The van der Waals surface area contributed by atoms with Gasteiger partial charge in [0.05, 0.1) is 5.69 Å². The Morgan fingerprint density at radius 3 is 2.68 bits per heavy atom. The lowest BCUT2D eigenvalue weighted by molar-refractivity contribution is -0.117. The summed E-state index contributed by atoms with van der Waals surface area (Å²) < 4.78 is 1.91. The smallest absolute Gasteiger partial charge is 0.144 e. The largest absolute Gasteiger partial charge is 0.299 e. The Bertz CT molecular complexity index is 546. The Morgan fingerprint density at radius 2 is 2.05 bits per heavy atom. The van der Waals surface area contributed by atoms with Crippen molar-refractivity contribution in [1.29, 1.82) is 0 Å². The maximum atomic E-state index is 12.1. The molecule has 2 aromatic heterocycles. The third kappa shape index (κ3) is 3.50. The molecule has 100 valence electrons. The standard InChI is InChI=1S/C15H19N3O/c1-3-12-9-14(18(4-2)17-12)11-15(19)10-13-7-5-6-8-16-13/h5-9H,3-4,10-11H2,1-2H3. The van der Waals surface area contributed by atoms with E-state index in [4.69, 9.17) is 0 Å². The maximum absolute atomic E-state index is 12.1. The Kier molecular flexibility index (Phi) is 4.44. The molecule has 2 aromatic rings. The van der Waals surface area contributed by atoms with Gasteiger partial charge in [-0.05, 0) is 31.5 Å². The van der Waals surface area contributed by atoms with Crippen molar-refractivity contribution >= 4 is 5.78 Å². The molecule has 0 atom stereocenters. The molecule has 0 aliphatic carbocycles. The summed E-state index contributed by atoms with van der Waals surface area (Å²) in [7, 11) is 0. The monoisotopic (exact) mass is 257 g/mol. The van der Waals surface area contributed by atoms with E-state index in [1.54, 1.807) is 6.20 Å². The summed E-state index contributed by atoms with van der Waals surface area (Å²) in [5.74, 6) is 0.177. The Labute approximate surface area is 113 Å². The summed E-state index contributed by atoms with van der Waals surface area (Å²) in [5, 5.41) is 4.46. The van der Waals surface area contributed by atoms with Crippen LogP contribution in [0.4, 0.5) is 0 Å². The number of aryl methyl sites for hydroxylation is 2. The van der Waals surface area contributed by atoms with Crippen molar-refractivity contribution in [3.05, 3.63) is 47.5 Å². The van der Waals surface area contributed by atoms with Gasteiger partial charge in [-0.1, -0.05) is 13.0 Å². The van der Waals surface area contributed by atoms with E-state index in [2.05, 4.69) is 17.0 Å². The van der Waals surface area contributed by atoms with Crippen LogP contribution in [0.15, 0.2) is 30.5 Å². The number of carbonyl (C=O) groups is 1. The van der Waals surface area contributed by atoms with Gasteiger partial charge in [-0.3, -0.25) is 14.5 Å². The molecule has 0 fully saturated rings. The molecular formula is C15H19N3O. The molecule has 0 aliphatic heterocycles. The fraction of sp³-hybridized carbons (Fsp3) is 0.400. The SMILES string of the molecule is CCc1cc(CC(=O)Cc2ccccn2)n(CC)n1. The average molecular weight is 257 g/mol. The highest BCUT2D eigenvalue weighted by Gasteiger charge is 2.11. The minimum atomic E-state index is 0.177. The summed E-state index contributed by atoms with van der Waals surface area (Å²) in [6.07, 6.45) is 3.43. The van der Waals surface area contributed by atoms with E-state index in [1.807, 2.05) is 35.9 Å². The van der Waals surface area contributed by atoms with Gasteiger partial charge in [0.2, 0.25) is 0 Å². The predicted octanol–water partition coefficient (Wildman–Crippen LogP) is 2.21. The van der Waals surface area contributed by atoms with E-state index in [9.17, 15) is 4.79 Å². The molecule has 0 unspecified atom stereocenters. The zero-order valence-electron chi connectivity index (χ0n) is 11.5. The molecule has 0 N–H and O–H groups in total. The normalized spacial score (nSPS) is 10.6. The molecule has 0 saturated heterocycles. The molecule has 0 amide bonds. The first-order valence-electron chi connectivity index (χ1n) is 6.70. The molecule has 2 rings (SSSR count). The lowest BCUT2D eigenvalue weighted by atomic mass is 10.1. The quantitative estimate of drug-likeness (QED) is 0.797. The molecule has 2 heterocycles. The Hall–Kier alpha value is -1.97. The van der Waals surface area contributed by atoms with Crippen LogP contribution in [0.3, 0.4) is 0 Å². The van der Waals surface area contributed by atoms with Gasteiger partial charge < -0.3 is 0 Å². The number of rotatable bonds is 6. The van der Waals surface area contributed by atoms with Crippen LogP contribution in [0.2, 0.25) is 0 Å². The fourth-order valence-corrected chi connectivity index (χ4v) is 2.07. The van der Waals surface area contributed by atoms with Crippen molar-refractivity contribution in [2.45, 2.75) is 39.7 Å².